The van der Waals surface area contributed by atoms with Gasteiger partial charge < -0.3 is 10.1 Å². The summed E-state index contributed by atoms with van der Waals surface area (Å²) in [7, 11) is 1.47. The van der Waals surface area contributed by atoms with Crippen LogP contribution in [0, 0.1) is 5.92 Å². The first kappa shape index (κ1) is 15.8. The molecule has 0 radical (unpaired) electrons. The van der Waals surface area contributed by atoms with Crippen LogP contribution in [0.4, 0.5) is 5.82 Å². The third-order valence-corrected chi connectivity index (χ3v) is 3.87. The SMILES string of the molecule is CCCNc1cccc(CN2CCC(C(=O)OC)CC2)n1. The van der Waals surface area contributed by atoms with E-state index >= 15 is 0 Å². The van der Waals surface area contributed by atoms with Crippen molar-refractivity contribution in [1.29, 1.82) is 0 Å². The number of rotatable bonds is 6. The zero-order chi connectivity index (χ0) is 15.1. The summed E-state index contributed by atoms with van der Waals surface area (Å²) in [5.74, 6) is 0.939. The Morgan fingerprint density at radius 1 is 1.43 bits per heavy atom. The number of hydrogen-bond acceptors (Lipinski definition) is 5. The average Bonchev–Trinajstić information content (AvgIpc) is 2.53. The molecule has 1 aromatic heterocycles. The zero-order valence-corrected chi connectivity index (χ0v) is 13.0. The summed E-state index contributed by atoms with van der Waals surface area (Å²) in [6, 6.07) is 6.10. The minimum absolute atomic E-state index is 0.0664. The van der Waals surface area contributed by atoms with Crippen LogP contribution in [-0.4, -0.2) is 42.6 Å². The molecule has 0 saturated carbocycles. The van der Waals surface area contributed by atoms with Gasteiger partial charge in [-0.05, 0) is 44.5 Å². The fourth-order valence-corrected chi connectivity index (χ4v) is 2.64. The van der Waals surface area contributed by atoms with Crippen LogP contribution >= 0.6 is 0 Å². The Morgan fingerprint density at radius 3 is 2.86 bits per heavy atom. The van der Waals surface area contributed by atoms with E-state index in [0.717, 1.165) is 57.0 Å². The van der Waals surface area contributed by atoms with Crippen LogP contribution in [0.3, 0.4) is 0 Å². The van der Waals surface area contributed by atoms with Crippen molar-refractivity contribution in [3.63, 3.8) is 0 Å². The van der Waals surface area contributed by atoms with Crippen molar-refractivity contribution in [1.82, 2.24) is 9.88 Å². The summed E-state index contributed by atoms with van der Waals surface area (Å²) in [5, 5.41) is 3.31. The van der Waals surface area contributed by atoms with Crippen LogP contribution in [0.1, 0.15) is 31.9 Å². The Kier molecular flexibility index (Phi) is 5.99. The number of ether oxygens (including phenoxy) is 1. The van der Waals surface area contributed by atoms with Crippen LogP contribution in [0.5, 0.6) is 0 Å². The molecular formula is C16H25N3O2. The van der Waals surface area contributed by atoms with Gasteiger partial charge in [0.05, 0.1) is 18.7 Å². The molecule has 0 bridgehead atoms. The molecule has 1 aliphatic rings. The number of likely N-dealkylation sites (tertiary alicyclic amines) is 1. The molecule has 21 heavy (non-hydrogen) atoms. The molecule has 5 nitrogen and oxygen atoms in total. The molecule has 2 rings (SSSR count). The van der Waals surface area contributed by atoms with Gasteiger partial charge in [-0.25, -0.2) is 4.98 Å². The first-order valence-electron chi connectivity index (χ1n) is 7.73. The number of methoxy groups -OCH3 is 1. The van der Waals surface area contributed by atoms with Crippen LogP contribution in [0.15, 0.2) is 18.2 Å². The Labute approximate surface area is 126 Å². The number of pyridine rings is 1. The molecule has 0 aliphatic carbocycles. The van der Waals surface area contributed by atoms with Crippen molar-refractivity contribution in [3.05, 3.63) is 23.9 Å². The molecule has 5 heteroatoms. The van der Waals surface area contributed by atoms with Gasteiger partial charge in [-0.3, -0.25) is 9.69 Å². The van der Waals surface area contributed by atoms with Crippen LogP contribution in [-0.2, 0) is 16.1 Å². The topological polar surface area (TPSA) is 54.5 Å². The molecule has 0 aromatic carbocycles. The van der Waals surface area contributed by atoms with Gasteiger partial charge in [-0.1, -0.05) is 13.0 Å². The molecule has 0 spiro atoms. The number of carbonyl (C=O) groups excluding carboxylic acids is 1. The zero-order valence-electron chi connectivity index (χ0n) is 13.0. The smallest absolute Gasteiger partial charge is 0.308 e. The normalized spacial score (nSPS) is 16.7. The Morgan fingerprint density at radius 2 is 2.19 bits per heavy atom. The molecule has 0 amide bonds. The van der Waals surface area contributed by atoms with Gasteiger partial charge in [0.2, 0.25) is 0 Å². The van der Waals surface area contributed by atoms with E-state index in [0.29, 0.717) is 0 Å². The highest BCUT2D eigenvalue weighted by Crippen LogP contribution is 2.20. The minimum atomic E-state index is -0.0708. The summed E-state index contributed by atoms with van der Waals surface area (Å²) in [6.45, 7) is 5.78. The number of piperidine rings is 1. The number of carbonyl (C=O) groups is 1. The van der Waals surface area contributed by atoms with Crippen LogP contribution in [0.25, 0.3) is 0 Å². The van der Waals surface area contributed by atoms with Gasteiger partial charge >= 0.3 is 5.97 Å². The maximum absolute atomic E-state index is 11.5. The molecular weight excluding hydrogens is 266 g/mol. The predicted octanol–water partition coefficient (Wildman–Crippen LogP) is 2.29. The maximum Gasteiger partial charge on any atom is 0.308 e. The second-order valence-corrected chi connectivity index (χ2v) is 5.51. The van der Waals surface area contributed by atoms with E-state index in [1.165, 1.54) is 7.11 Å². The Balaban J connectivity index is 1.84. The predicted molar refractivity (Wildman–Crippen MR) is 83.0 cm³/mol. The van der Waals surface area contributed by atoms with Gasteiger partial charge in [-0.15, -0.1) is 0 Å². The molecule has 2 heterocycles. The molecule has 1 N–H and O–H groups in total. The highest BCUT2D eigenvalue weighted by atomic mass is 16.5. The van der Waals surface area contributed by atoms with Crippen molar-refractivity contribution >= 4 is 11.8 Å². The lowest BCUT2D eigenvalue weighted by molar-refractivity contribution is -0.147. The van der Waals surface area contributed by atoms with E-state index in [9.17, 15) is 4.79 Å². The van der Waals surface area contributed by atoms with Gasteiger partial charge in [-0.2, -0.15) is 0 Å². The van der Waals surface area contributed by atoms with E-state index in [1.807, 2.05) is 12.1 Å². The molecule has 1 fully saturated rings. The fraction of sp³-hybridized carbons (Fsp3) is 0.625. The van der Waals surface area contributed by atoms with E-state index < -0.39 is 0 Å². The number of esters is 1. The van der Waals surface area contributed by atoms with Crippen molar-refractivity contribution in [2.24, 2.45) is 5.92 Å². The second kappa shape index (κ2) is 7.98. The van der Waals surface area contributed by atoms with E-state index in [1.54, 1.807) is 0 Å². The molecule has 1 saturated heterocycles. The number of aromatic nitrogens is 1. The molecule has 0 unspecified atom stereocenters. The standard InChI is InChI=1S/C16H25N3O2/c1-3-9-17-15-6-4-5-14(18-15)12-19-10-7-13(8-11-19)16(20)21-2/h4-6,13H,3,7-12H2,1-2H3,(H,17,18). The summed E-state index contributed by atoms with van der Waals surface area (Å²) in [5.41, 5.74) is 1.08. The van der Waals surface area contributed by atoms with Crippen molar-refractivity contribution in [3.8, 4) is 0 Å². The van der Waals surface area contributed by atoms with Crippen molar-refractivity contribution in [2.45, 2.75) is 32.7 Å². The van der Waals surface area contributed by atoms with Gasteiger partial charge in [0, 0.05) is 13.1 Å². The third kappa shape index (κ3) is 4.70. The summed E-state index contributed by atoms with van der Waals surface area (Å²) >= 11 is 0. The van der Waals surface area contributed by atoms with Crippen molar-refractivity contribution < 1.29 is 9.53 Å². The highest BCUT2D eigenvalue weighted by Gasteiger charge is 2.25. The maximum atomic E-state index is 11.5. The van der Waals surface area contributed by atoms with Crippen molar-refractivity contribution in [2.75, 3.05) is 32.1 Å². The quantitative estimate of drug-likeness (QED) is 0.815. The Bertz CT molecular complexity index is 457. The number of hydrogen-bond donors (Lipinski definition) is 1. The number of nitrogens with zero attached hydrogens (tertiary/aromatic N) is 2. The molecule has 0 atom stereocenters. The lowest BCUT2D eigenvalue weighted by atomic mass is 9.97. The van der Waals surface area contributed by atoms with Gasteiger partial charge in [0.25, 0.3) is 0 Å². The van der Waals surface area contributed by atoms with Gasteiger partial charge in [0.1, 0.15) is 5.82 Å². The van der Waals surface area contributed by atoms with Crippen LogP contribution in [0.2, 0.25) is 0 Å². The van der Waals surface area contributed by atoms with Gasteiger partial charge in [0.15, 0.2) is 0 Å². The molecule has 1 aliphatic heterocycles. The molecule has 116 valence electrons. The second-order valence-electron chi connectivity index (χ2n) is 5.51. The first-order valence-corrected chi connectivity index (χ1v) is 7.73. The average molecular weight is 291 g/mol. The molecule has 1 aromatic rings. The lowest BCUT2D eigenvalue weighted by Crippen LogP contribution is -2.36. The fourth-order valence-electron chi connectivity index (χ4n) is 2.64. The highest BCUT2D eigenvalue weighted by molar-refractivity contribution is 5.72. The largest absolute Gasteiger partial charge is 0.469 e. The van der Waals surface area contributed by atoms with Crippen LogP contribution < -0.4 is 5.32 Å². The summed E-state index contributed by atoms with van der Waals surface area (Å²) in [4.78, 5) is 18.5. The summed E-state index contributed by atoms with van der Waals surface area (Å²) in [6.07, 6.45) is 2.84. The van der Waals surface area contributed by atoms with E-state index in [2.05, 4.69) is 28.2 Å². The summed E-state index contributed by atoms with van der Waals surface area (Å²) < 4.78 is 4.82. The third-order valence-electron chi connectivity index (χ3n) is 3.87. The number of anilines is 1. The lowest BCUT2D eigenvalue weighted by Gasteiger charge is -2.30. The Hall–Kier alpha value is -1.62. The minimum Gasteiger partial charge on any atom is -0.469 e. The van der Waals surface area contributed by atoms with E-state index in [4.69, 9.17) is 4.74 Å². The monoisotopic (exact) mass is 291 g/mol. The first-order chi connectivity index (χ1) is 10.2. The van der Waals surface area contributed by atoms with E-state index in [-0.39, 0.29) is 11.9 Å². The number of nitrogens with one attached hydrogen (secondary N) is 1.